The summed E-state index contributed by atoms with van der Waals surface area (Å²) in [5.74, 6) is 0.682. The number of aliphatic hydroxyl groups is 2. The first-order chi connectivity index (χ1) is 5.66. The zero-order valence-electron chi connectivity index (χ0n) is 7.83. The van der Waals surface area contributed by atoms with Crippen molar-refractivity contribution in [3.63, 3.8) is 0 Å². The molecule has 0 amide bonds. The Balaban J connectivity index is 2.51. The molecule has 1 aliphatic heterocycles. The van der Waals surface area contributed by atoms with Crippen molar-refractivity contribution < 1.29 is 10.2 Å². The van der Waals surface area contributed by atoms with Crippen LogP contribution in [0.1, 0.15) is 20.3 Å². The first kappa shape index (κ1) is 9.96. The van der Waals surface area contributed by atoms with Gasteiger partial charge in [0.15, 0.2) is 0 Å². The molecule has 72 valence electrons. The maximum Gasteiger partial charge on any atom is 0.0926 e. The van der Waals surface area contributed by atoms with E-state index in [0.29, 0.717) is 12.5 Å². The zero-order valence-corrected chi connectivity index (χ0v) is 7.83. The van der Waals surface area contributed by atoms with E-state index >= 15 is 0 Å². The number of β-amino-alcohol motifs (C(OH)–C–C–N with tert-alkyl or cyclic N) is 1. The summed E-state index contributed by atoms with van der Waals surface area (Å²) in [6.45, 7) is 5.58. The molecule has 1 rings (SSSR count). The van der Waals surface area contributed by atoms with E-state index in [4.69, 9.17) is 0 Å². The standard InChI is InChI=1S/C9H19NO2/c1-3-6(2)7-4-10-5-8(11)9(7)12/h6-12H,3-5H2,1-2H3. The lowest BCUT2D eigenvalue weighted by Crippen LogP contribution is -2.52. The number of hydrogen-bond acceptors (Lipinski definition) is 3. The number of nitrogens with one attached hydrogen (secondary N) is 1. The summed E-state index contributed by atoms with van der Waals surface area (Å²) in [7, 11) is 0. The highest BCUT2D eigenvalue weighted by molar-refractivity contribution is 4.86. The van der Waals surface area contributed by atoms with E-state index in [-0.39, 0.29) is 5.92 Å². The van der Waals surface area contributed by atoms with Crippen molar-refractivity contribution in [3.05, 3.63) is 0 Å². The Bertz CT molecular complexity index is 140. The third kappa shape index (κ3) is 1.97. The minimum Gasteiger partial charge on any atom is -0.390 e. The minimum atomic E-state index is -0.585. The van der Waals surface area contributed by atoms with Gasteiger partial charge in [-0.3, -0.25) is 0 Å². The van der Waals surface area contributed by atoms with Gasteiger partial charge in [0.05, 0.1) is 12.2 Å². The number of rotatable bonds is 2. The Labute approximate surface area is 73.8 Å². The lowest BCUT2D eigenvalue weighted by molar-refractivity contribution is -0.0501. The van der Waals surface area contributed by atoms with Gasteiger partial charge in [-0.05, 0) is 5.92 Å². The smallest absolute Gasteiger partial charge is 0.0926 e. The van der Waals surface area contributed by atoms with Crippen LogP contribution in [0.25, 0.3) is 0 Å². The van der Waals surface area contributed by atoms with Gasteiger partial charge in [0.2, 0.25) is 0 Å². The molecule has 1 aliphatic rings. The lowest BCUT2D eigenvalue weighted by Gasteiger charge is -2.35. The quantitative estimate of drug-likeness (QED) is 0.550. The Morgan fingerprint density at radius 1 is 1.42 bits per heavy atom. The molecule has 4 unspecified atom stereocenters. The normalized spacial score (nSPS) is 39.5. The summed E-state index contributed by atoms with van der Waals surface area (Å²) in [6.07, 6.45) is -0.0743. The van der Waals surface area contributed by atoms with Crippen molar-refractivity contribution in [1.29, 1.82) is 0 Å². The van der Waals surface area contributed by atoms with Crippen molar-refractivity contribution in [2.75, 3.05) is 13.1 Å². The van der Waals surface area contributed by atoms with Gasteiger partial charge < -0.3 is 15.5 Å². The van der Waals surface area contributed by atoms with Gasteiger partial charge in [-0.25, -0.2) is 0 Å². The van der Waals surface area contributed by atoms with E-state index < -0.39 is 12.2 Å². The van der Waals surface area contributed by atoms with Crippen molar-refractivity contribution in [3.8, 4) is 0 Å². The average molecular weight is 173 g/mol. The van der Waals surface area contributed by atoms with E-state index in [0.717, 1.165) is 13.0 Å². The number of hydrogen-bond donors (Lipinski definition) is 3. The minimum absolute atomic E-state index is 0.207. The molecule has 1 saturated heterocycles. The second kappa shape index (κ2) is 4.21. The monoisotopic (exact) mass is 173 g/mol. The van der Waals surface area contributed by atoms with E-state index in [9.17, 15) is 10.2 Å². The van der Waals surface area contributed by atoms with Crippen LogP contribution in [0.5, 0.6) is 0 Å². The maximum atomic E-state index is 9.65. The SMILES string of the molecule is CCC(C)C1CNCC(O)C1O. The molecule has 0 saturated carbocycles. The molecular weight excluding hydrogens is 154 g/mol. The largest absolute Gasteiger partial charge is 0.390 e. The van der Waals surface area contributed by atoms with Crippen molar-refractivity contribution >= 4 is 0 Å². The lowest BCUT2D eigenvalue weighted by atomic mass is 9.82. The van der Waals surface area contributed by atoms with Gasteiger partial charge in [-0.1, -0.05) is 20.3 Å². The predicted molar refractivity (Wildman–Crippen MR) is 47.8 cm³/mol. The predicted octanol–water partition coefficient (Wildman–Crippen LogP) is -0.0263. The number of piperidine rings is 1. The molecule has 3 heteroatoms. The van der Waals surface area contributed by atoms with Gasteiger partial charge in [-0.2, -0.15) is 0 Å². The summed E-state index contributed by atoms with van der Waals surface area (Å²) in [6, 6.07) is 0. The van der Waals surface area contributed by atoms with Crippen LogP contribution in [-0.2, 0) is 0 Å². The second-order valence-electron chi connectivity index (χ2n) is 3.77. The number of aliphatic hydroxyl groups excluding tert-OH is 2. The molecule has 0 bridgehead atoms. The second-order valence-corrected chi connectivity index (χ2v) is 3.77. The van der Waals surface area contributed by atoms with Crippen LogP contribution in [0.3, 0.4) is 0 Å². The van der Waals surface area contributed by atoms with Crippen LogP contribution in [-0.4, -0.2) is 35.5 Å². The molecule has 0 aromatic carbocycles. The van der Waals surface area contributed by atoms with Crippen molar-refractivity contribution in [2.24, 2.45) is 11.8 Å². The van der Waals surface area contributed by atoms with E-state index in [1.165, 1.54) is 0 Å². The van der Waals surface area contributed by atoms with Crippen LogP contribution in [0.15, 0.2) is 0 Å². The molecule has 0 aromatic rings. The van der Waals surface area contributed by atoms with Crippen molar-refractivity contribution in [2.45, 2.75) is 32.5 Å². The summed E-state index contributed by atoms with van der Waals surface area (Å²) in [5, 5.41) is 22.1. The Kier molecular flexibility index (Phi) is 3.50. The van der Waals surface area contributed by atoms with Gasteiger partial charge in [0.25, 0.3) is 0 Å². The maximum absolute atomic E-state index is 9.65. The Hall–Kier alpha value is -0.120. The third-order valence-electron chi connectivity index (χ3n) is 2.94. The molecule has 0 spiro atoms. The molecule has 12 heavy (non-hydrogen) atoms. The highest BCUT2D eigenvalue weighted by atomic mass is 16.3. The molecule has 1 fully saturated rings. The van der Waals surface area contributed by atoms with Crippen LogP contribution < -0.4 is 5.32 Å². The van der Waals surface area contributed by atoms with Crippen LogP contribution in [0.4, 0.5) is 0 Å². The molecule has 3 nitrogen and oxygen atoms in total. The topological polar surface area (TPSA) is 52.5 Å². The third-order valence-corrected chi connectivity index (χ3v) is 2.94. The van der Waals surface area contributed by atoms with E-state index in [1.54, 1.807) is 0 Å². The molecule has 3 N–H and O–H groups in total. The Morgan fingerprint density at radius 2 is 2.08 bits per heavy atom. The average Bonchev–Trinajstić information content (AvgIpc) is 2.08. The Morgan fingerprint density at radius 3 is 2.67 bits per heavy atom. The van der Waals surface area contributed by atoms with E-state index in [2.05, 4.69) is 19.2 Å². The fraction of sp³-hybridized carbons (Fsp3) is 1.00. The summed E-state index contributed by atoms with van der Waals surface area (Å²) < 4.78 is 0. The van der Waals surface area contributed by atoms with Gasteiger partial charge >= 0.3 is 0 Å². The van der Waals surface area contributed by atoms with Crippen molar-refractivity contribution in [1.82, 2.24) is 5.32 Å². The highest BCUT2D eigenvalue weighted by Crippen LogP contribution is 2.22. The summed E-state index contributed by atoms with van der Waals surface area (Å²) in [4.78, 5) is 0. The summed E-state index contributed by atoms with van der Waals surface area (Å²) >= 11 is 0. The molecule has 4 atom stereocenters. The first-order valence-corrected chi connectivity index (χ1v) is 4.73. The molecule has 1 heterocycles. The molecule has 0 aliphatic carbocycles. The fourth-order valence-electron chi connectivity index (χ4n) is 1.77. The van der Waals surface area contributed by atoms with Crippen LogP contribution in [0.2, 0.25) is 0 Å². The van der Waals surface area contributed by atoms with Crippen LogP contribution >= 0.6 is 0 Å². The van der Waals surface area contributed by atoms with Gasteiger partial charge in [-0.15, -0.1) is 0 Å². The molecule has 0 aromatic heterocycles. The highest BCUT2D eigenvalue weighted by Gasteiger charge is 2.32. The van der Waals surface area contributed by atoms with Gasteiger partial charge in [0, 0.05) is 19.0 Å². The van der Waals surface area contributed by atoms with Crippen LogP contribution in [0, 0.1) is 11.8 Å². The fourth-order valence-corrected chi connectivity index (χ4v) is 1.77. The van der Waals surface area contributed by atoms with E-state index in [1.807, 2.05) is 0 Å². The van der Waals surface area contributed by atoms with Gasteiger partial charge in [0.1, 0.15) is 0 Å². The molecule has 0 radical (unpaired) electrons. The summed E-state index contributed by atoms with van der Waals surface area (Å²) in [5.41, 5.74) is 0. The molecular formula is C9H19NO2. The zero-order chi connectivity index (χ0) is 9.14. The first-order valence-electron chi connectivity index (χ1n) is 4.73.